The Morgan fingerprint density at radius 2 is 1.94 bits per heavy atom. The van der Waals surface area contributed by atoms with E-state index in [9.17, 15) is 4.79 Å². The van der Waals surface area contributed by atoms with Gasteiger partial charge in [-0.15, -0.1) is 0 Å². The molecule has 1 saturated carbocycles. The van der Waals surface area contributed by atoms with Crippen molar-refractivity contribution in [3.63, 3.8) is 0 Å². The third kappa shape index (κ3) is 6.95. The van der Waals surface area contributed by atoms with E-state index >= 15 is 0 Å². The molecule has 1 saturated heterocycles. The number of amides is 1. The summed E-state index contributed by atoms with van der Waals surface area (Å²) in [6.45, 7) is 5.92. The van der Waals surface area contributed by atoms with Gasteiger partial charge < -0.3 is 19.4 Å². The van der Waals surface area contributed by atoms with Crippen molar-refractivity contribution < 1.29 is 9.53 Å². The number of likely N-dealkylation sites (tertiary alicyclic amines) is 1. The summed E-state index contributed by atoms with van der Waals surface area (Å²) in [5.41, 5.74) is 2.93. The molecule has 2 aliphatic rings. The largest absolute Gasteiger partial charge is 0.474 e. The number of hydrogen-bond acceptors (Lipinski definition) is 5. The Morgan fingerprint density at radius 3 is 2.58 bits per heavy atom. The van der Waals surface area contributed by atoms with E-state index in [1.54, 1.807) is 17.3 Å². The lowest BCUT2D eigenvalue weighted by Gasteiger charge is -2.31. The summed E-state index contributed by atoms with van der Waals surface area (Å²) in [6, 6.07) is 9.76. The molecule has 1 aliphatic carbocycles. The zero-order valence-electron chi connectivity index (χ0n) is 19.5. The van der Waals surface area contributed by atoms with Gasteiger partial charge in [0.1, 0.15) is 6.10 Å². The Bertz CT molecular complexity index is 953. The van der Waals surface area contributed by atoms with Crippen LogP contribution in [-0.4, -0.2) is 54.0 Å². The predicted molar refractivity (Wildman–Crippen MR) is 132 cm³/mol. The van der Waals surface area contributed by atoms with Crippen LogP contribution in [0.2, 0.25) is 5.02 Å². The number of rotatable bonds is 10. The summed E-state index contributed by atoms with van der Waals surface area (Å²) in [7, 11) is 1.90. The van der Waals surface area contributed by atoms with Gasteiger partial charge in [-0.05, 0) is 61.8 Å². The molecule has 2 fully saturated rings. The van der Waals surface area contributed by atoms with E-state index in [1.807, 2.05) is 55.4 Å². The number of nitrogens with zero attached hydrogens (tertiary/aromatic N) is 4. The van der Waals surface area contributed by atoms with E-state index in [0.29, 0.717) is 17.4 Å². The molecule has 7 heteroatoms. The highest BCUT2D eigenvalue weighted by Gasteiger charge is 2.27. The Labute approximate surface area is 201 Å². The molecule has 1 aromatic carbocycles. The van der Waals surface area contributed by atoms with Gasteiger partial charge in [0.2, 0.25) is 12.3 Å². The molecule has 2 aromatic rings. The van der Waals surface area contributed by atoms with Gasteiger partial charge in [-0.25, -0.2) is 4.98 Å². The molecule has 2 heterocycles. The predicted octanol–water partition coefficient (Wildman–Crippen LogP) is 4.86. The Kier molecular flexibility index (Phi) is 7.89. The first-order chi connectivity index (χ1) is 16.0. The fourth-order valence-corrected chi connectivity index (χ4v) is 4.49. The van der Waals surface area contributed by atoms with Gasteiger partial charge in [0.25, 0.3) is 0 Å². The molecule has 0 radical (unpaired) electrons. The number of anilines is 1. The molecular formula is C26H33ClN4O2. The van der Waals surface area contributed by atoms with Crippen molar-refractivity contribution in [3.8, 4) is 5.88 Å². The smallest absolute Gasteiger partial charge is 0.214 e. The molecule has 176 valence electrons. The number of halogens is 1. The minimum Gasteiger partial charge on any atom is -0.474 e. The minimum atomic E-state index is 0.234. The molecule has 0 atom stereocenters. The van der Waals surface area contributed by atoms with Crippen molar-refractivity contribution in [2.75, 3.05) is 31.6 Å². The van der Waals surface area contributed by atoms with Gasteiger partial charge >= 0.3 is 0 Å². The molecule has 33 heavy (non-hydrogen) atoms. The van der Waals surface area contributed by atoms with Crippen LogP contribution in [0, 0.1) is 12.8 Å². The van der Waals surface area contributed by atoms with Crippen LogP contribution in [0.3, 0.4) is 0 Å². The summed E-state index contributed by atoms with van der Waals surface area (Å²) in [4.78, 5) is 22.1. The number of aryl methyl sites for hydroxylation is 1. The van der Waals surface area contributed by atoms with Crippen molar-refractivity contribution in [3.05, 3.63) is 65.1 Å². The normalized spacial score (nSPS) is 17.3. The van der Waals surface area contributed by atoms with Crippen LogP contribution in [0.15, 0.2) is 48.9 Å². The summed E-state index contributed by atoms with van der Waals surface area (Å²) in [5.74, 6) is 1.60. The molecule has 6 nitrogen and oxygen atoms in total. The SMILES string of the molecule is Cc1ccc(N(C)/C=C\N(C=O)Cc2ccc(OC3CCN(CC4CC4)CC3)nc2)c(Cl)c1. The number of ether oxygens (including phenoxy) is 1. The van der Waals surface area contributed by atoms with Gasteiger partial charge in [-0.1, -0.05) is 23.7 Å². The van der Waals surface area contributed by atoms with E-state index in [1.165, 1.54) is 19.4 Å². The Morgan fingerprint density at radius 1 is 1.15 bits per heavy atom. The maximum absolute atomic E-state index is 11.6. The van der Waals surface area contributed by atoms with E-state index in [4.69, 9.17) is 16.3 Å². The highest BCUT2D eigenvalue weighted by molar-refractivity contribution is 6.33. The topological polar surface area (TPSA) is 48.9 Å². The second-order valence-corrected chi connectivity index (χ2v) is 9.61. The molecule has 0 spiro atoms. The lowest BCUT2D eigenvalue weighted by atomic mass is 10.1. The van der Waals surface area contributed by atoms with Crippen molar-refractivity contribution in [1.29, 1.82) is 0 Å². The van der Waals surface area contributed by atoms with Gasteiger partial charge in [-0.3, -0.25) is 4.79 Å². The quantitative estimate of drug-likeness (QED) is 0.466. The standard InChI is InChI=1S/C26H33ClN4O2/c1-20-3-7-25(24(27)15-20)29(2)13-14-31(19-32)18-22-6-8-26(28-16-22)33-23-9-11-30(12-10-23)17-21-4-5-21/h3,6-8,13-16,19,21,23H,4-5,9-12,17-18H2,1-2H3/b14-13-. The van der Waals surface area contributed by atoms with E-state index in [2.05, 4.69) is 9.88 Å². The molecule has 1 aliphatic heterocycles. The summed E-state index contributed by atoms with van der Waals surface area (Å²) >= 11 is 6.34. The maximum Gasteiger partial charge on any atom is 0.214 e. The van der Waals surface area contributed by atoms with Crippen LogP contribution >= 0.6 is 11.6 Å². The van der Waals surface area contributed by atoms with Gasteiger partial charge in [-0.2, -0.15) is 0 Å². The van der Waals surface area contributed by atoms with E-state index in [-0.39, 0.29) is 6.10 Å². The van der Waals surface area contributed by atoms with Crippen LogP contribution in [-0.2, 0) is 11.3 Å². The lowest BCUT2D eigenvalue weighted by Crippen LogP contribution is -2.39. The van der Waals surface area contributed by atoms with Gasteiger partial charge in [0, 0.05) is 51.3 Å². The minimum absolute atomic E-state index is 0.234. The van der Waals surface area contributed by atoms with E-state index in [0.717, 1.165) is 55.1 Å². The fraction of sp³-hybridized carbons (Fsp3) is 0.462. The summed E-state index contributed by atoms with van der Waals surface area (Å²) < 4.78 is 6.10. The number of benzene rings is 1. The zero-order chi connectivity index (χ0) is 23.2. The molecule has 1 amide bonds. The second kappa shape index (κ2) is 11.0. The molecule has 0 bridgehead atoms. The molecular weight excluding hydrogens is 436 g/mol. The van der Waals surface area contributed by atoms with Crippen molar-refractivity contribution in [1.82, 2.24) is 14.8 Å². The number of carbonyl (C=O) groups excluding carboxylic acids is 1. The van der Waals surface area contributed by atoms with Crippen LogP contribution in [0.5, 0.6) is 5.88 Å². The first-order valence-electron chi connectivity index (χ1n) is 11.7. The summed E-state index contributed by atoms with van der Waals surface area (Å²) in [5, 5.41) is 0.674. The van der Waals surface area contributed by atoms with Crippen molar-refractivity contribution in [2.24, 2.45) is 5.92 Å². The summed E-state index contributed by atoms with van der Waals surface area (Å²) in [6.07, 6.45) is 11.3. The third-order valence-electron chi connectivity index (χ3n) is 6.30. The molecule has 4 rings (SSSR count). The average molecular weight is 469 g/mol. The van der Waals surface area contributed by atoms with Crippen LogP contribution in [0.25, 0.3) is 0 Å². The highest BCUT2D eigenvalue weighted by atomic mass is 35.5. The molecule has 0 N–H and O–H groups in total. The number of hydrogen-bond donors (Lipinski definition) is 0. The van der Waals surface area contributed by atoms with Crippen molar-refractivity contribution in [2.45, 2.75) is 45.3 Å². The van der Waals surface area contributed by atoms with Gasteiger partial charge in [0.15, 0.2) is 0 Å². The number of aromatic nitrogens is 1. The van der Waals surface area contributed by atoms with Crippen LogP contribution in [0.4, 0.5) is 5.69 Å². The van der Waals surface area contributed by atoms with Crippen molar-refractivity contribution >= 4 is 23.7 Å². The third-order valence-corrected chi connectivity index (χ3v) is 6.60. The number of pyridine rings is 1. The molecule has 1 aromatic heterocycles. The first kappa shape index (κ1) is 23.6. The first-order valence-corrected chi connectivity index (χ1v) is 12.1. The zero-order valence-corrected chi connectivity index (χ0v) is 20.2. The Balaban J connectivity index is 1.26. The molecule has 0 unspecified atom stereocenters. The van der Waals surface area contributed by atoms with Crippen LogP contribution in [0.1, 0.15) is 36.8 Å². The second-order valence-electron chi connectivity index (χ2n) is 9.21. The number of piperidine rings is 1. The monoisotopic (exact) mass is 468 g/mol. The lowest BCUT2D eigenvalue weighted by molar-refractivity contribution is -0.116. The maximum atomic E-state index is 11.6. The van der Waals surface area contributed by atoms with Crippen LogP contribution < -0.4 is 9.64 Å². The van der Waals surface area contributed by atoms with E-state index < -0.39 is 0 Å². The van der Waals surface area contributed by atoms with Gasteiger partial charge in [0.05, 0.1) is 17.3 Å². The Hall–Kier alpha value is -2.57. The number of carbonyl (C=O) groups is 1. The average Bonchev–Trinajstić information content (AvgIpc) is 3.63. The highest BCUT2D eigenvalue weighted by Crippen LogP contribution is 2.31. The fourth-order valence-electron chi connectivity index (χ4n) is 4.12.